The zero-order valence-electron chi connectivity index (χ0n) is 17.5. The summed E-state index contributed by atoms with van der Waals surface area (Å²) in [5.74, 6) is 0.387. The molecule has 1 aliphatic heterocycles. The fourth-order valence-electron chi connectivity index (χ4n) is 3.53. The Balaban J connectivity index is 1.71. The molecule has 2 amide bonds. The largest absolute Gasteiger partial charge is 0.496 e. The number of amides is 2. The van der Waals surface area contributed by atoms with Crippen molar-refractivity contribution >= 4 is 17.5 Å². The number of aliphatic hydroxyl groups excluding tert-OH is 1. The van der Waals surface area contributed by atoms with Crippen LogP contribution >= 0.6 is 0 Å². The van der Waals surface area contributed by atoms with E-state index in [0.717, 1.165) is 0 Å². The van der Waals surface area contributed by atoms with E-state index in [1.807, 2.05) is 13.8 Å². The van der Waals surface area contributed by atoms with Gasteiger partial charge in [-0.2, -0.15) is 0 Å². The first-order valence-electron chi connectivity index (χ1n) is 10.00. The van der Waals surface area contributed by atoms with Gasteiger partial charge in [-0.3, -0.25) is 9.59 Å². The van der Waals surface area contributed by atoms with Gasteiger partial charge in [0.25, 0.3) is 5.91 Å². The van der Waals surface area contributed by atoms with E-state index in [2.05, 4.69) is 5.32 Å². The lowest BCUT2D eigenvalue weighted by molar-refractivity contribution is -0.155. The molecule has 0 spiro atoms. The summed E-state index contributed by atoms with van der Waals surface area (Å²) in [4.78, 5) is 26.5. The summed E-state index contributed by atoms with van der Waals surface area (Å²) in [6, 6.07) is 13.5. The third kappa shape index (κ3) is 4.98. The van der Waals surface area contributed by atoms with E-state index in [0.29, 0.717) is 29.1 Å². The Labute approximate surface area is 176 Å². The second-order valence-electron chi connectivity index (χ2n) is 7.74. The van der Waals surface area contributed by atoms with Crippen molar-refractivity contribution in [3.63, 3.8) is 0 Å². The number of para-hydroxylation sites is 1. The smallest absolute Gasteiger partial charge is 0.259 e. The van der Waals surface area contributed by atoms with E-state index < -0.39 is 12.1 Å². The Morgan fingerprint density at radius 3 is 2.60 bits per heavy atom. The number of carbonyl (C=O) groups excluding carboxylic acids is 2. The van der Waals surface area contributed by atoms with E-state index in [1.165, 1.54) is 7.11 Å². The predicted molar refractivity (Wildman–Crippen MR) is 114 cm³/mol. The molecule has 7 nitrogen and oxygen atoms in total. The van der Waals surface area contributed by atoms with Crippen LogP contribution in [0.15, 0.2) is 48.5 Å². The maximum atomic E-state index is 12.5. The number of ether oxygens (including phenoxy) is 2. The Kier molecular flexibility index (Phi) is 7.07. The van der Waals surface area contributed by atoms with Gasteiger partial charge in [-0.15, -0.1) is 0 Å². The lowest BCUT2D eigenvalue weighted by atomic mass is 9.99. The van der Waals surface area contributed by atoms with Crippen molar-refractivity contribution in [2.45, 2.75) is 26.0 Å². The van der Waals surface area contributed by atoms with Crippen LogP contribution in [0, 0.1) is 5.92 Å². The Morgan fingerprint density at radius 1 is 1.23 bits per heavy atom. The maximum absolute atomic E-state index is 12.5. The lowest BCUT2D eigenvalue weighted by Crippen LogP contribution is -2.53. The minimum Gasteiger partial charge on any atom is -0.496 e. The average molecular weight is 412 g/mol. The van der Waals surface area contributed by atoms with Gasteiger partial charge in [0.2, 0.25) is 5.91 Å². The molecule has 0 saturated carbocycles. The number of aliphatic hydroxyl groups is 1. The molecule has 0 aliphatic carbocycles. The summed E-state index contributed by atoms with van der Waals surface area (Å²) in [6.07, 6.45) is -0.882. The van der Waals surface area contributed by atoms with E-state index in [-0.39, 0.29) is 30.9 Å². The van der Waals surface area contributed by atoms with Crippen molar-refractivity contribution in [1.29, 1.82) is 0 Å². The van der Waals surface area contributed by atoms with Crippen LogP contribution in [0.1, 0.15) is 35.9 Å². The van der Waals surface area contributed by atoms with Crippen molar-refractivity contribution in [2.75, 3.05) is 32.2 Å². The van der Waals surface area contributed by atoms with Crippen LogP contribution in [0.4, 0.5) is 5.69 Å². The van der Waals surface area contributed by atoms with Crippen LogP contribution in [0.2, 0.25) is 0 Å². The van der Waals surface area contributed by atoms with Gasteiger partial charge in [-0.05, 0) is 35.7 Å². The second kappa shape index (κ2) is 9.73. The molecule has 0 radical (unpaired) electrons. The number of rotatable bonds is 7. The van der Waals surface area contributed by atoms with E-state index in [9.17, 15) is 14.7 Å². The molecule has 2 unspecified atom stereocenters. The highest BCUT2D eigenvalue weighted by molar-refractivity contribution is 6.06. The zero-order valence-corrected chi connectivity index (χ0v) is 17.5. The number of anilines is 1. The third-order valence-corrected chi connectivity index (χ3v) is 5.02. The van der Waals surface area contributed by atoms with Crippen molar-refractivity contribution in [3.8, 4) is 5.75 Å². The highest BCUT2D eigenvalue weighted by Gasteiger charge is 2.34. The summed E-state index contributed by atoms with van der Waals surface area (Å²) in [7, 11) is 1.52. The van der Waals surface area contributed by atoms with E-state index >= 15 is 0 Å². The molecule has 1 saturated heterocycles. The monoisotopic (exact) mass is 412 g/mol. The van der Waals surface area contributed by atoms with Crippen molar-refractivity contribution < 1.29 is 24.2 Å². The molecule has 2 aromatic carbocycles. The van der Waals surface area contributed by atoms with Gasteiger partial charge in [0.1, 0.15) is 18.5 Å². The van der Waals surface area contributed by atoms with Gasteiger partial charge in [0.15, 0.2) is 0 Å². The molecule has 2 aromatic rings. The first-order chi connectivity index (χ1) is 14.4. The van der Waals surface area contributed by atoms with Gasteiger partial charge >= 0.3 is 0 Å². The third-order valence-electron chi connectivity index (χ3n) is 5.02. The van der Waals surface area contributed by atoms with E-state index in [4.69, 9.17) is 9.47 Å². The van der Waals surface area contributed by atoms with Gasteiger partial charge in [0.05, 0.1) is 25.3 Å². The van der Waals surface area contributed by atoms with E-state index in [1.54, 1.807) is 53.4 Å². The van der Waals surface area contributed by atoms with Gasteiger partial charge in [-0.25, -0.2) is 0 Å². The van der Waals surface area contributed by atoms with Crippen LogP contribution in [0.3, 0.4) is 0 Å². The van der Waals surface area contributed by atoms with Gasteiger partial charge in [-0.1, -0.05) is 38.1 Å². The highest BCUT2D eigenvalue weighted by Crippen LogP contribution is 2.26. The SMILES string of the molecule is COc1ccccc1C(=O)Nc1ccc(C(O)C2COCC(=O)N2CC(C)C)cc1. The number of nitrogens with zero attached hydrogens (tertiary/aromatic N) is 1. The number of hydrogen-bond donors (Lipinski definition) is 2. The maximum Gasteiger partial charge on any atom is 0.259 e. The fraction of sp³-hybridized carbons (Fsp3) is 0.391. The van der Waals surface area contributed by atoms with Crippen LogP contribution in [0.25, 0.3) is 0 Å². The molecule has 7 heteroatoms. The number of methoxy groups -OCH3 is 1. The predicted octanol–water partition coefficient (Wildman–Crippen LogP) is 2.86. The molecule has 0 aromatic heterocycles. The summed E-state index contributed by atoms with van der Waals surface area (Å²) in [5.41, 5.74) is 1.69. The minimum atomic E-state index is -0.882. The fourth-order valence-corrected chi connectivity index (χ4v) is 3.53. The Hall–Kier alpha value is -2.90. The number of nitrogens with one attached hydrogen (secondary N) is 1. The Bertz CT molecular complexity index is 881. The molecule has 3 rings (SSSR count). The van der Waals surface area contributed by atoms with Crippen LogP contribution in [0.5, 0.6) is 5.75 Å². The molecular weight excluding hydrogens is 384 g/mol. The first kappa shape index (κ1) is 21.8. The summed E-state index contributed by atoms with van der Waals surface area (Å²) in [6.45, 7) is 4.96. The number of carbonyl (C=O) groups is 2. The van der Waals surface area contributed by atoms with Crippen molar-refractivity contribution in [2.24, 2.45) is 5.92 Å². The summed E-state index contributed by atoms with van der Waals surface area (Å²) in [5, 5.41) is 13.7. The molecular formula is C23H28N2O5. The van der Waals surface area contributed by atoms with Crippen molar-refractivity contribution in [1.82, 2.24) is 4.90 Å². The molecule has 2 atom stereocenters. The molecule has 30 heavy (non-hydrogen) atoms. The number of benzene rings is 2. The normalized spacial score (nSPS) is 17.7. The van der Waals surface area contributed by atoms with Gasteiger partial charge < -0.3 is 24.8 Å². The molecule has 2 N–H and O–H groups in total. The molecule has 1 fully saturated rings. The lowest BCUT2D eigenvalue weighted by Gasteiger charge is -2.39. The Morgan fingerprint density at radius 2 is 1.93 bits per heavy atom. The zero-order chi connectivity index (χ0) is 21.7. The summed E-state index contributed by atoms with van der Waals surface area (Å²) < 4.78 is 10.6. The molecule has 160 valence electrons. The topological polar surface area (TPSA) is 88.1 Å². The molecule has 1 heterocycles. The average Bonchev–Trinajstić information content (AvgIpc) is 2.75. The number of hydrogen-bond acceptors (Lipinski definition) is 5. The standard InChI is InChI=1S/C23H28N2O5/c1-15(2)12-25-19(13-30-14-21(25)26)22(27)16-8-10-17(11-9-16)24-23(28)18-6-4-5-7-20(18)29-3/h4-11,15,19,22,27H,12-14H2,1-3H3,(H,24,28). The van der Waals surface area contributed by atoms with Crippen LogP contribution < -0.4 is 10.1 Å². The minimum absolute atomic E-state index is 0.0455. The van der Waals surface area contributed by atoms with Gasteiger partial charge in [0, 0.05) is 12.2 Å². The summed E-state index contributed by atoms with van der Waals surface area (Å²) >= 11 is 0. The highest BCUT2D eigenvalue weighted by atomic mass is 16.5. The van der Waals surface area contributed by atoms with Crippen LogP contribution in [-0.2, 0) is 9.53 Å². The first-order valence-corrected chi connectivity index (χ1v) is 10.00. The van der Waals surface area contributed by atoms with Crippen molar-refractivity contribution in [3.05, 3.63) is 59.7 Å². The number of morpholine rings is 1. The van der Waals surface area contributed by atoms with Crippen LogP contribution in [-0.4, -0.2) is 54.7 Å². The quantitative estimate of drug-likeness (QED) is 0.730. The second-order valence-corrected chi connectivity index (χ2v) is 7.74. The molecule has 1 aliphatic rings. The molecule has 0 bridgehead atoms.